The zero-order valence-electron chi connectivity index (χ0n) is 11.8. The van der Waals surface area contributed by atoms with Crippen molar-refractivity contribution in [2.24, 2.45) is 0 Å². The minimum Gasteiger partial charge on any atom is -0.302 e. The van der Waals surface area contributed by atoms with Gasteiger partial charge in [-0.25, -0.2) is 4.98 Å². The Balaban J connectivity index is 1.72. The van der Waals surface area contributed by atoms with Crippen LogP contribution in [0.2, 0.25) is 0 Å². The van der Waals surface area contributed by atoms with E-state index >= 15 is 0 Å². The molecule has 2 aliphatic rings. The summed E-state index contributed by atoms with van der Waals surface area (Å²) in [5, 5.41) is 19.6. The number of nitrogens with zero attached hydrogens (tertiary/aromatic N) is 5. The molecule has 0 atom stereocenters. The molecule has 0 N–H and O–H groups in total. The molecule has 0 aliphatic heterocycles. The van der Waals surface area contributed by atoms with Gasteiger partial charge in [0, 0.05) is 17.7 Å². The van der Waals surface area contributed by atoms with Gasteiger partial charge in [-0.3, -0.25) is 0 Å². The van der Waals surface area contributed by atoms with Gasteiger partial charge in [0.25, 0.3) is 0 Å². The SMILES string of the molecule is Cc1ccc(C#N)c(Sc2nnc(C3CC3)n2C2CC2)n1. The Morgan fingerprint density at radius 1 is 1.24 bits per heavy atom. The zero-order chi connectivity index (χ0) is 14.4. The van der Waals surface area contributed by atoms with Crippen LogP contribution in [0.3, 0.4) is 0 Å². The lowest BCUT2D eigenvalue weighted by Gasteiger charge is -2.08. The molecule has 0 saturated heterocycles. The second-order valence-electron chi connectivity index (χ2n) is 5.74. The molecule has 2 aromatic heterocycles. The monoisotopic (exact) mass is 297 g/mol. The van der Waals surface area contributed by atoms with Gasteiger partial charge in [0.05, 0.1) is 5.56 Å². The molecule has 4 rings (SSSR count). The first kappa shape index (κ1) is 12.8. The van der Waals surface area contributed by atoms with Crippen LogP contribution in [0.25, 0.3) is 0 Å². The maximum Gasteiger partial charge on any atom is 0.197 e. The van der Waals surface area contributed by atoms with E-state index in [2.05, 4.69) is 25.8 Å². The smallest absolute Gasteiger partial charge is 0.197 e. The first-order valence-electron chi connectivity index (χ1n) is 7.26. The van der Waals surface area contributed by atoms with Gasteiger partial charge in [-0.05, 0) is 56.5 Å². The second-order valence-corrected chi connectivity index (χ2v) is 6.69. The number of rotatable bonds is 4. The zero-order valence-corrected chi connectivity index (χ0v) is 12.6. The fourth-order valence-electron chi connectivity index (χ4n) is 2.44. The molecule has 2 aliphatic carbocycles. The van der Waals surface area contributed by atoms with Gasteiger partial charge >= 0.3 is 0 Å². The van der Waals surface area contributed by atoms with Crippen LogP contribution in [0, 0.1) is 18.3 Å². The average Bonchev–Trinajstić information content (AvgIpc) is 3.39. The molecule has 0 spiro atoms. The lowest BCUT2D eigenvalue weighted by molar-refractivity contribution is 0.626. The summed E-state index contributed by atoms with van der Waals surface area (Å²) in [6.07, 6.45) is 4.86. The van der Waals surface area contributed by atoms with Crippen LogP contribution < -0.4 is 0 Å². The molecular formula is C15H15N5S. The van der Waals surface area contributed by atoms with Crippen molar-refractivity contribution in [1.29, 1.82) is 5.26 Å². The predicted molar refractivity (Wildman–Crippen MR) is 78.1 cm³/mol. The van der Waals surface area contributed by atoms with Gasteiger partial charge in [0.1, 0.15) is 16.9 Å². The van der Waals surface area contributed by atoms with E-state index in [9.17, 15) is 5.26 Å². The molecule has 106 valence electrons. The van der Waals surface area contributed by atoms with E-state index in [0.717, 1.165) is 21.7 Å². The highest BCUT2D eigenvalue weighted by atomic mass is 32.2. The third-order valence-electron chi connectivity index (χ3n) is 3.85. The van der Waals surface area contributed by atoms with Gasteiger partial charge < -0.3 is 4.57 Å². The average molecular weight is 297 g/mol. The third kappa shape index (κ3) is 2.42. The summed E-state index contributed by atoms with van der Waals surface area (Å²) in [6.45, 7) is 1.94. The molecule has 0 amide bonds. The fourth-order valence-corrected chi connectivity index (χ4v) is 3.44. The molecule has 2 aromatic rings. The summed E-state index contributed by atoms with van der Waals surface area (Å²) in [4.78, 5) is 4.49. The Morgan fingerprint density at radius 3 is 2.71 bits per heavy atom. The molecule has 2 fully saturated rings. The van der Waals surface area contributed by atoms with E-state index in [-0.39, 0.29) is 0 Å². The molecule has 0 radical (unpaired) electrons. The van der Waals surface area contributed by atoms with Crippen molar-refractivity contribution in [3.05, 3.63) is 29.2 Å². The second kappa shape index (κ2) is 4.85. The minimum absolute atomic E-state index is 0.549. The lowest BCUT2D eigenvalue weighted by atomic mass is 10.3. The molecule has 0 unspecified atom stereocenters. The van der Waals surface area contributed by atoms with E-state index in [4.69, 9.17) is 0 Å². The quantitative estimate of drug-likeness (QED) is 0.866. The molecular weight excluding hydrogens is 282 g/mol. The summed E-state index contributed by atoms with van der Waals surface area (Å²) in [5.74, 6) is 1.72. The lowest BCUT2D eigenvalue weighted by Crippen LogP contribution is -2.02. The summed E-state index contributed by atoms with van der Waals surface area (Å²) >= 11 is 1.47. The van der Waals surface area contributed by atoms with E-state index < -0.39 is 0 Å². The van der Waals surface area contributed by atoms with Gasteiger partial charge in [0.2, 0.25) is 0 Å². The van der Waals surface area contributed by atoms with Crippen LogP contribution in [-0.2, 0) is 0 Å². The van der Waals surface area contributed by atoms with Crippen molar-refractivity contribution in [1.82, 2.24) is 19.7 Å². The van der Waals surface area contributed by atoms with Crippen LogP contribution in [-0.4, -0.2) is 19.7 Å². The fraction of sp³-hybridized carbons (Fsp3) is 0.467. The van der Waals surface area contributed by atoms with Crippen molar-refractivity contribution in [2.45, 2.75) is 54.7 Å². The number of aryl methyl sites for hydroxylation is 1. The summed E-state index contributed by atoms with van der Waals surface area (Å²) in [7, 11) is 0. The van der Waals surface area contributed by atoms with Gasteiger partial charge in [-0.15, -0.1) is 10.2 Å². The molecule has 6 heteroatoms. The Hall–Kier alpha value is -1.87. The van der Waals surface area contributed by atoms with Crippen molar-refractivity contribution in [2.75, 3.05) is 0 Å². The Labute approximate surface area is 127 Å². The summed E-state index contributed by atoms with van der Waals surface area (Å²) < 4.78 is 2.29. The highest BCUT2D eigenvalue weighted by Crippen LogP contribution is 2.46. The number of aromatic nitrogens is 4. The van der Waals surface area contributed by atoms with E-state index in [1.807, 2.05) is 19.1 Å². The Kier molecular flexibility index (Phi) is 2.96. The predicted octanol–water partition coefficient (Wildman–Crippen LogP) is 3.22. The normalized spacial score (nSPS) is 17.7. The molecule has 0 aromatic carbocycles. The highest BCUT2D eigenvalue weighted by Gasteiger charge is 2.36. The Morgan fingerprint density at radius 2 is 2.05 bits per heavy atom. The van der Waals surface area contributed by atoms with Crippen molar-refractivity contribution in [3.63, 3.8) is 0 Å². The van der Waals surface area contributed by atoms with Crippen molar-refractivity contribution < 1.29 is 0 Å². The molecule has 2 heterocycles. The van der Waals surface area contributed by atoms with Crippen LogP contribution in [0.5, 0.6) is 0 Å². The molecule has 0 bridgehead atoms. The molecule has 21 heavy (non-hydrogen) atoms. The van der Waals surface area contributed by atoms with Gasteiger partial charge in [-0.2, -0.15) is 5.26 Å². The molecule has 2 saturated carbocycles. The number of hydrogen-bond acceptors (Lipinski definition) is 5. The van der Waals surface area contributed by atoms with Crippen LogP contribution in [0.15, 0.2) is 22.3 Å². The number of nitriles is 1. The first-order chi connectivity index (χ1) is 10.3. The first-order valence-corrected chi connectivity index (χ1v) is 8.08. The van der Waals surface area contributed by atoms with Crippen LogP contribution in [0.4, 0.5) is 0 Å². The maximum absolute atomic E-state index is 9.24. The minimum atomic E-state index is 0.549. The summed E-state index contributed by atoms with van der Waals surface area (Å²) in [6, 6.07) is 6.45. The largest absolute Gasteiger partial charge is 0.302 e. The third-order valence-corrected chi connectivity index (χ3v) is 4.82. The number of pyridine rings is 1. The van der Waals surface area contributed by atoms with Crippen LogP contribution in [0.1, 0.15) is 54.7 Å². The topological polar surface area (TPSA) is 67.4 Å². The summed E-state index contributed by atoms with van der Waals surface area (Å²) in [5.41, 5.74) is 1.51. The van der Waals surface area contributed by atoms with Gasteiger partial charge in [0.15, 0.2) is 5.16 Å². The standard InChI is InChI=1S/C15H15N5S/c1-9-2-3-11(8-16)14(17-9)21-15-19-18-13(10-4-5-10)20(15)12-6-7-12/h2-3,10,12H,4-7H2,1H3. The van der Waals surface area contributed by atoms with Crippen molar-refractivity contribution >= 4 is 11.8 Å². The van der Waals surface area contributed by atoms with Crippen molar-refractivity contribution in [3.8, 4) is 6.07 Å². The highest BCUT2D eigenvalue weighted by molar-refractivity contribution is 7.99. The number of hydrogen-bond donors (Lipinski definition) is 0. The Bertz CT molecular complexity index is 737. The maximum atomic E-state index is 9.24. The van der Waals surface area contributed by atoms with Gasteiger partial charge in [-0.1, -0.05) is 0 Å². The van der Waals surface area contributed by atoms with E-state index in [1.165, 1.54) is 37.4 Å². The van der Waals surface area contributed by atoms with Crippen LogP contribution >= 0.6 is 11.8 Å². The van der Waals surface area contributed by atoms with E-state index in [0.29, 0.717) is 17.5 Å². The molecule has 5 nitrogen and oxygen atoms in total. The van der Waals surface area contributed by atoms with E-state index in [1.54, 1.807) is 0 Å².